The predicted octanol–water partition coefficient (Wildman–Crippen LogP) is 1.72. The van der Waals surface area contributed by atoms with Crippen LogP contribution in [-0.2, 0) is 6.42 Å². The SMILES string of the molecule is Nc1n[nH]c(C(=O)N2CCC(c3cc(Cc4ccccc4)[nH]n3)CC2)n1. The lowest BCUT2D eigenvalue weighted by atomic mass is 9.93. The molecule has 134 valence electrons. The van der Waals surface area contributed by atoms with Crippen LogP contribution < -0.4 is 5.73 Å². The zero-order valence-electron chi connectivity index (χ0n) is 14.4. The highest BCUT2D eigenvalue weighted by molar-refractivity contribution is 5.90. The number of nitrogen functional groups attached to an aromatic ring is 1. The molecule has 0 bridgehead atoms. The molecule has 1 fully saturated rings. The van der Waals surface area contributed by atoms with Crippen LogP contribution in [0.2, 0.25) is 0 Å². The van der Waals surface area contributed by atoms with Gasteiger partial charge in [0.25, 0.3) is 5.91 Å². The molecule has 0 aliphatic carbocycles. The third-order valence-corrected chi connectivity index (χ3v) is 4.79. The van der Waals surface area contributed by atoms with Gasteiger partial charge in [-0.25, -0.2) is 0 Å². The normalized spacial score (nSPS) is 15.3. The van der Waals surface area contributed by atoms with E-state index in [0.29, 0.717) is 19.0 Å². The smallest absolute Gasteiger partial charge is 0.291 e. The summed E-state index contributed by atoms with van der Waals surface area (Å²) in [6.45, 7) is 1.34. The number of H-pyrrole nitrogens is 2. The number of aromatic amines is 2. The second-order valence-corrected chi connectivity index (χ2v) is 6.59. The van der Waals surface area contributed by atoms with E-state index >= 15 is 0 Å². The van der Waals surface area contributed by atoms with Crippen molar-refractivity contribution in [2.45, 2.75) is 25.2 Å². The van der Waals surface area contributed by atoms with Crippen LogP contribution in [0.5, 0.6) is 0 Å². The number of anilines is 1. The molecule has 8 heteroatoms. The minimum atomic E-state index is -0.153. The lowest BCUT2D eigenvalue weighted by Gasteiger charge is -2.30. The fourth-order valence-electron chi connectivity index (χ4n) is 3.39. The summed E-state index contributed by atoms with van der Waals surface area (Å²) in [5.74, 6) is 0.496. The van der Waals surface area contributed by atoms with Crippen LogP contribution in [0.25, 0.3) is 0 Å². The minimum Gasteiger partial charge on any atom is -0.366 e. The van der Waals surface area contributed by atoms with Crippen LogP contribution in [-0.4, -0.2) is 49.3 Å². The quantitative estimate of drug-likeness (QED) is 0.662. The fraction of sp³-hybridized carbons (Fsp3) is 0.333. The Morgan fingerprint density at radius 1 is 1.15 bits per heavy atom. The van der Waals surface area contributed by atoms with Crippen molar-refractivity contribution in [3.05, 3.63) is 59.2 Å². The lowest BCUT2D eigenvalue weighted by molar-refractivity contribution is 0.0700. The number of carbonyl (C=O) groups is 1. The van der Waals surface area contributed by atoms with Gasteiger partial charge in [0, 0.05) is 31.1 Å². The molecule has 0 atom stereocenters. The zero-order valence-corrected chi connectivity index (χ0v) is 14.4. The minimum absolute atomic E-state index is 0.0886. The van der Waals surface area contributed by atoms with E-state index in [1.54, 1.807) is 4.90 Å². The van der Waals surface area contributed by atoms with Crippen molar-refractivity contribution in [1.82, 2.24) is 30.3 Å². The van der Waals surface area contributed by atoms with Crippen molar-refractivity contribution in [1.29, 1.82) is 0 Å². The highest BCUT2D eigenvalue weighted by Gasteiger charge is 2.27. The van der Waals surface area contributed by atoms with Crippen LogP contribution in [0.4, 0.5) is 5.95 Å². The average molecular weight is 351 g/mol. The standard InChI is InChI=1S/C18H21N7O/c19-18-20-16(23-24-18)17(26)25-8-6-13(7-9-25)15-11-14(21-22-15)10-12-4-2-1-3-5-12/h1-5,11,13H,6-10H2,(H,21,22)(H3,19,20,23,24). The number of benzene rings is 1. The maximum absolute atomic E-state index is 12.4. The maximum Gasteiger partial charge on any atom is 0.291 e. The van der Waals surface area contributed by atoms with E-state index in [1.165, 1.54) is 5.56 Å². The molecular weight excluding hydrogens is 330 g/mol. The van der Waals surface area contributed by atoms with Crippen LogP contribution in [0.1, 0.15) is 46.3 Å². The summed E-state index contributed by atoms with van der Waals surface area (Å²) >= 11 is 0. The number of carbonyl (C=O) groups excluding carboxylic acids is 1. The van der Waals surface area contributed by atoms with Crippen molar-refractivity contribution >= 4 is 11.9 Å². The first kappa shape index (κ1) is 16.3. The van der Waals surface area contributed by atoms with Gasteiger partial charge in [-0.05, 0) is 24.5 Å². The molecule has 0 saturated carbocycles. The van der Waals surface area contributed by atoms with Gasteiger partial charge >= 0.3 is 0 Å². The first-order valence-electron chi connectivity index (χ1n) is 8.74. The molecule has 1 aromatic carbocycles. The van der Waals surface area contributed by atoms with Gasteiger partial charge in [-0.2, -0.15) is 10.1 Å². The number of rotatable bonds is 4. The Labute approximate surface area is 150 Å². The summed E-state index contributed by atoms with van der Waals surface area (Å²) in [5, 5.41) is 13.9. The largest absolute Gasteiger partial charge is 0.366 e. The van der Waals surface area contributed by atoms with E-state index < -0.39 is 0 Å². The Morgan fingerprint density at radius 2 is 1.92 bits per heavy atom. The van der Waals surface area contributed by atoms with Crippen LogP contribution >= 0.6 is 0 Å². The average Bonchev–Trinajstić information content (AvgIpc) is 3.31. The molecule has 3 aromatic rings. The molecule has 8 nitrogen and oxygen atoms in total. The molecule has 0 spiro atoms. The highest BCUT2D eigenvalue weighted by Crippen LogP contribution is 2.28. The number of aromatic nitrogens is 5. The number of amides is 1. The third kappa shape index (κ3) is 3.44. The summed E-state index contributed by atoms with van der Waals surface area (Å²) < 4.78 is 0. The third-order valence-electron chi connectivity index (χ3n) is 4.79. The number of nitrogens with one attached hydrogen (secondary N) is 2. The predicted molar refractivity (Wildman–Crippen MR) is 96.5 cm³/mol. The van der Waals surface area contributed by atoms with Crippen LogP contribution in [0.3, 0.4) is 0 Å². The van der Waals surface area contributed by atoms with Crippen LogP contribution in [0.15, 0.2) is 36.4 Å². The van der Waals surface area contributed by atoms with Crippen molar-refractivity contribution in [3.8, 4) is 0 Å². The first-order valence-corrected chi connectivity index (χ1v) is 8.74. The summed E-state index contributed by atoms with van der Waals surface area (Å²) in [6.07, 6.45) is 2.61. The topological polar surface area (TPSA) is 117 Å². The van der Waals surface area contributed by atoms with Crippen molar-refractivity contribution in [2.75, 3.05) is 18.8 Å². The number of nitrogens with zero attached hydrogens (tertiary/aromatic N) is 4. The van der Waals surface area contributed by atoms with Crippen molar-refractivity contribution in [2.24, 2.45) is 0 Å². The molecule has 4 N–H and O–H groups in total. The molecule has 1 saturated heterocycles. The Kier molecular flexibility index (Phi) is 4.39. The number of hydrogen-bond acceptors (Lipinski definition) is 5. The van der Waals surface area contributed by atoms with Gasteiger partial charge in [-0.15, -0.1) is 5.10 Å². The van der Waals surface area contributed by atoms with Crippen molar-refractivity contribution in [3.63, 3.8) is 0 Å². The van der Waals surface area contributed by atoms with E-state index in [1.807, 2.05) is 18.2 Å². The molecular formula is C18H21N7O. The second kappa shape index (κ2) is 6.99. The summed E-state index contributed by atoms with van der Waals surface area (Å²) in [6, 6.07) is 12.5. The molecule has 0 unspecified atom stereocenters. The molecule has 4 rings (SSSR count). The monoisotopic (exact) mass is 351 g/mol. The molecule has 3 heterocycles. The Balaban J connectivity index is 1.35. The molecule has 1 aliphatic rings. The number of hydrogen-bond donors (Lipinski definition) is 3. The maximum atomic E-state index is 12.4. The number of likely N-dealkylation sites (tertiary alicyclic amines) is 1. The van der Waals surface area contributed by atoms with Gasteiger partial charge in [-0.1, -0.05) is 30.3 Å². The second-order valence-electron chi connectivity index (χ2n) is 6.59. The number of piperidine rings is 1. The fourth-order valence-corrected chi connectivity index (χ4v) is 3.39. The van der Waals surface area contributed by atoms with Crippen LogP contribution in [0, 0.1) is 0 Å². The van der Waals surface area contributed by atoms with E-state index in [9.17, 15) is 4.79 Å². The molecule has 0 radical (unpaired) electrons. The van der Waals surface area contributed by atoms with Crippen molar-refractivity contribution < 1.29 is 4.79 Å². The van der Waals surface area contributed by atoms with Gasteiger partial charge in [-0.3, -0.25) is 15.0 Å². The van der Waals surface area contributed by atoms with E-state index in [0.717, 1.165) is 30.7 Å². The first-order chi connectivity index (χ1) is 12.7. The lowest BCUT2D eigenvalue weighted by Crippen LogP contribution is -2.38. The molecule has 1 aliphatic heterocycles. The Morgan fingerprint density at radius 3 is 2.62 bits per heavy atom. The molecule has 26 heavy (non-hydrogen) atoms. The van der Waals surface area contributed by atoms with Gasteiger partial charge in [0.15, 0.2) is 0 Å². The summed E-state index contributed by atoms with van der Waals surface area (Å²) in [5.41, 5.74) is 8.91. The van der Waals surface area contributed by atoms with E-state index in [-0.39, 0.29) is 17.7 Å². The van der Waals surface area contributed by atoms with Gasteiger partial charge in [0.1, 0.15) is 0 Å². The molecule has 1 amide bonds. The summed E-state index contributed by atoms with van der Waals surface area (Å²) in [7, 11) is 0. The van der Waals surface area contributed by atoms with Gasteiger partial charge < -0.3 is 10.6 Å². The number of nitrogens with two attached hydrogens (primary N) is 1. The Hall–Kier alpha value is -3.16. The van der Waals surface area contributed by atoms with E-state index in [4.69, 9.17) is 5.73 Å². The summed E-state index contributed by atoms with van der Waals surface area (Å²) in [4.78, 5) is 18.1. The van der Waals surface area contributed by atoms with Gasteiger partial charge in [0.05, 0.1) is 5.69 Å². The molecule has 2 aromatic heterocycles. The van der Waals surface area contributed by atoms with Gasteiger partial charge in [0.2, 0.25) is 11.8 Å². The highest BCUT2D eigenvalue weighted by atomic mass is 16.2. The van der Waals surface area contributed by atoms with E-state index in [2.05, 4.69) is 43.6 Å². The Bertz CT molecular complexity index is 878. The zero-order chi connectivity index (χ0) is 17.9.